The summed E-state index contributed by atoms with van der Waals surface area (Å²) in [7, 11) is 0. The number of carboxylic acids is 1. The van der Waals surface area contributed by atoms with Gasteiger partial charge in [-0.3, -0.25) is 19.4 Å². The number of aliphatic carboxylic acids is 1. The Morgan fingerprint density at radius 2 is 1.31 bits per heavy atom. The molecule has 0 aliphatic heterocycles. The van der Waals surface area contributed by atoms with Crippen LogP contribution in [0, 0.1) is 17.8 Å². The van der Waals surface area contributed by atoms with Gasteiger partial charge in [0.05, 0.1) is 6.04 Å². The highest BCUT2D eigenvalue weighted by atomic mass is 16.4. The highest BCUT2D eigenvalue weighted by Gasteiger charge is 2.32. The average Bonchev–Trinajstić information content (AvgIpc) is 2.72. The SMILES string of the molecule is CC(C)CC(NC(=O)C(NC(=O)C(CC(C)C)NC(=O)C(N)CCCN=C(N)N)C(C)C)C(=O)O. The number of nitrogens with two attached hydrogens (primary N) is 3. The van der Waals surface area contributed by atoms with Gasteiger partial charge in [-0.2, -0.15) is 0 Å². The quantitative estimate of drug-likeness (QED) is 0.0844. The fraction of sp³-hybridized carbons (Fsp3) is 0.783. The molecule has 0 spiro atoms. The van der Waals surface area contributed by atoms with Crippen molar-refractivity contribution in [3.63, 3.8) is 0 Å². The molecular weight excluding hydrogens is 454 g/mol. The first-order valence-corrected chi connectivity index (χ1v) is 12.1. The number of hydrogen-bond donors (Lipinski definition) is 7. The second-order valence-electron chi connectivity index (χ2n) is 10.0. The summed E-state index contributed by atoms with van der Waals surface area (Å²) in [5, 5.41) is 17.3. The Morgan fingerprint density at radius 3 is 1.77 bits per heavy atom. The fourth-order valence-corrected chi connectivity index (χ4v) is 3.38. The zero-order valence-electron chi connectivity index (χ0n) is 21.8. The van der Waals surface area contributed by atoms with E-state index in [1.807, 2.05) is 27.7 Å². The zero-order valence-corrected chi connectivity index (χ0v) is 21.8. The third-order valence-electron chi connectivity index (χ3n) is 5.21. The molecule has 12 nitrogen and oxygen atoms in total. The van der Waals surface area contributed by atoms with Crippen LogP contribution in [0.2, 0.25) is 0 Å². The van der Waals surface area contributed by atoms with Crippen molar-refractivity contribution in [3.05, 3.63) is 0 Å². The third-order valence-corrected chi connectivity index (χ3v) is 5.21. The van der Waals surface area contributed by atoms with E-state index < -0.39 is 47.9 Å². The third kappa shape index (κ3) is 13.5. The molecule has 12 heteroatoms. The van der Waals surface area contributed by atoms with E-state index in [9.17, 15) is 24.3 Å². The minimum absolute atomic E-state index is 0.0423. The van der Waals surface area contributed by atoms with Crippen molar-refractivity contribution < 1.29 is 24.3 Å². The lowest BCUT2D eigenvalue weighted by Crippen LogP contribution is -2.58. The van der Waals surface area contributed by atoms with Crippen LogP contribution in [0.25, 0.3) is 0 Å². The first kappa shape index (κ1) is 32.1. The van der Waals surface area contributed by atoms with E-state index in [0.717, 1.165) is 0 Å². The van der Waals surface area contributed by atoms with E-state index in [0.29, 0.717) is 25.8 Å². The molecule has 0 heterocycles. The molecule has 0 radical (unpaired) electrons. The maximum Gasteiger partial charge on any atom is 0.326 e. The molecule has 0 aliphatic rings. The van der Waals surface area contributed by atoms with Crippen LogP contribution in [0.4, 0.5) is 0 Å². The van der Waals surface area contributed by atoms with Crippen LogP contribution in [0.5, 0.6) is 0 Å². The van der Waals surface area contributed by atoms with Crippen LogP contribution in [0.15, 0.2) is 4.99 Å². The van der Waals surface area contributed by atoms with Crippen molar-refractivity contribution in [1.82, 2.24) is 16.0 Å². The van der Waals surface area contributed by atoms with Crippen molar-refractivity contribution in [3.8, 4) is 0 Å². The molecule has 0 fully saturated rings. The van der Waals surface area contributed by atoms with E-state index in [4.69, 9.17) is 17.2 Å². The van der Waals surface area contributed by atoms with E-state index >= 15 is 0 Å². The standard InChI is InChI=1S/C23H45N7O5/c1-12(2)10-16(28-19(31)15(24)8-7-9-27-23(25)26)20(32)30-18(14(5)6)21(33)29-17(22(34)35)11-13(3)4/h12-18H,7-11,24H2,1-6H3,(H,28,31)(H,29,33)(H,30,32)(H,34,35)(H4,25,26,27). The number of nitrogens with one attached hydrogen (secondary N) is 3. The molecule has 0 saturated heterocycles. The predicted molar refractivity (Wildman–Crippen MR) is 135 cm³/mol. The topological polar surface area (TPSA) is 215 Å². The normalized spacial score (nSPS) is 14.7. The Labute approximate surface area is 208 Å². The van der Waals surface area contributed by atoms with E-state index in [2.05, 4.69) is 20.9 Å². The molecule has 0 aromatic heterocycles. The number of aliphatic imine (C=N–C) groups is 1. The summed E-state index contributed by atoms with van der Waals surface area (Å²) >= 11 is 0. The van der Waals surface area contributed by atoms with Crippen LogP contribution in [0.1, 0.15) is 67.2 Å². The second-order valence-corrected chi connectivity index (χ2v) is 10.0. The van der Waals surface area contributed by atoms with Gasteiger partial charge in [0, 0.05) is 6.54 Å². The van der Waals surface area contributed by atoms with E-state index in [1.54, 1.807) is 13.8 Å². The van der Waals surface area contributed by atoms with Crippen LogP contribution < -0.4 is 33.2 Å². The summed E-state index contributed by atoms with van der Waals surface area (Å²) in [4.78, 5) is 53.9. The van der Waals surface area contributed by atoms with Gasteiger partial charge in [-0.1, -0.05) is 41.5 Å². The molecule has 4 unspecified atom stereocenters. The summed E-state index contributed by atoms with van der Waals surface area (Å²) in [6.07, 6.45) is 1.40. The molecule has 3 amide bonds. The van der Waals surface area contributed by atoms with Crippen molar-refractivity contribution in [2.24, 2.45) is 39.9 Å². The summed E-state index contributed by atoms with van der Waals surface area (Å²) in [6, 6.07) is -3.81. The molecule has 10 N–H and O–H groups in total. The van der Waals surface area contributed by atoms with Gasteiger partial charge < -0.3 is 38.3 Å². The van der Waals surface area contributed by atoms with Gasteiger partial charge in [0.25, 0.3) is 0 Å². The first-order valence-electron chi connectivity index (χ1n) is 12.1. The van der Waals surface area contributed by atoms with Crippen LogP contribution in [-0.2, 0) is 19.2 Å². The van der Waals surface area contributed by atoms with Gasteiger partial charge >= 0.3 is 5.97 Å². The molecule has 0 aromatic rings. The minimum atomic E-state index is -1.14. The van der Waals surface area contributed by atoms with Gasteiger partial charge in [-0.05, 0) is 43.4 Å². The lowest BCUT2D eigenvalue weighted by molar-refractivity contribution is -0.143. The Hall–Kier alpha value is -2.89. The largest absolute Gasteiger partial charge is 0.480 e. The number of carbonyl (C=O) groups is 4. The molecule has 4 atom stereocenters. The highest BCUT2D eigenvalue weighted by Crippen LogP contribution is 2.10. The number of carbonyl (C=O) groups excluding carboxylic acids is 3. The van der Waals surface area contributed by atoms with Gasteiger partial charge in [-0.15, -0.1) is 0 Å². The minimum Gasteiger partial charge on any atom is -0.480 e. The summed E-state index contributed by atoms with van der Waals surface area (Å²) < 4.78 is 0. The van der Waals surface area contributed by atoms with Gasteiger partial charge in [-0.25, -0.2) is 4.79 Å². The van der Waals surface area contributed by atoms with Gasteiger partial charge in [0.2, 0.25) is 17.7 Å². The Morgan fingerprint density at radius 1 is 0.800 bits per heavy atom. The Bertz CT molecular complexity index is 736. The average molecular weight is 500 g/mol. The second kappa shape index (κ2) is 15.9. The number of hydrogen-bond acceptors (Lipinski definition) is 6. The summed E-state index contributed by atoms with van der Waals surface area (Å²) in [5.41, 5.74) is 16.5. The number of carboxylic acid groups (broad SMARTS) is 1. The van der Waals surface area contributed by atoms with Crippen LogP contribution in [0.3, 0.4) is 0 Å². The highest BCUT2D eigenvalue weighted by molar-refractivity contribution is 5.94. The number of nitrogens with zero attached hydrogens (tertiary/aromatic N) is 1. The lowest BCUT2D eigenvalue weighted by Gasteiger charge is -2.28. The van der Waals surface area contributed by atoms with Crippen molar-refractivity contribution >= 4 is 29.7 Å². The van der Waals surface area contributed by atoms with E-state index in [-0.39, 0.29) is 30.1 Å². The lowest BCUT2D eigenvalue weighted by atomic mass is 9.98. The van der Waals surface area contributed by atoms with Crippen molar-refractivity contribution in [1.29, 1.82) is 0 Å². The molecular formula is C23H45N7O5. The van der Waals surface area contributed by atoms with Gasteiger partial charge in [0.15, 0.2) is 5.96 Å². The molecule has 0 aliphatic carbocycles. The smallest absolute Gasteiger partial charge is 0.326 e. The molecule has 202 valence electrons. The molecule has 0 rings (SSSR count). The molecule has 0 saturated carbocycles. The van der Waals surface area contributed by atoms with Gasteiger partial charge in [0.1, 0.15) is 18.1 Å². The van der Waals surface area contributed by atoms with Crippen LogP contribution >= 0.6 is 0 Å². The Kier molecular flexibility index (Phi) is 14.6. The maximum absolute atomic E-state index is 13.1. The van der Waals surface area contributed by atoms with Crippen LogP contribution in [-0.4, -0.2) is 65.5 Å². The van der Waals surface area contributed by atoms with Crippen molar-refractivity contribution in [2.45, 2.75) is 91.4 Å². The maximum atomic E-state index is 13.1. The Balaban J connectivity index is 5.32. The monoisotopic (exact) mass is 499 g/mol. The molecule has 0 aromatic carbocycles. The molecule has 35 heavy (non-hydrogen) atoms. The predicted octanol–water partition coefficient (Wildman–Crippen LogP) is -0.345. The molecule has 0 bridgehead atoms. The summed E-state index contributed by atoms with van der Waals surface area (Å²) in [6.45, 7) is 11.3. The van der Waals surface area contributed by atoms with Crippen molar-refractivity contribution in [2.75, 3.05) is 6.54 Å². The fourth-order valence-electron chi connectivity index (χ4n) is 3.38. The number of amides is 3. The summed E-state index contributed by atoms with van der Waals surface area (Å²) in [5.74, 6) is -3.00. The first-order chi connectivity index (χ1) is 16.1. The van der Waals surface area contributed by atoms with E-state index in [1.165, 1.54) is 0 Å². The number of guanidine groups is 1. The number of rotatable bonds is 16. The zero-order chi connectivity index (χ0) is 27.3.